The lowest BCUT2D eigenvalue weighted by atomic mass is 10.1. The van der Waals surface area contributed by atoms with E-state index in [1.165, 1.54) is 5.56 Å². The predicted octanol–water partition coefficient (Wildman–Crippen LogP) is 2.10. The summed E-state index contributed by atoms with van der Waals surface area (Å²) >= 11 is 3.41. The normalized spacial score (nSPS) is 19.2. The van der Waals surface area contributed by atoms with Crippen molar-refractivity contribution in [3.63, 3.8) is 0 Å². The van der Waals surface area contributed by atoms with Crippen molar-refractivity contribution in [2.75, 3.05) is 0 Å². The van der Waals surface area contributed by atoms with Crippen LogP contribution in [-0.2, 0) is 5.54 Å². The van der Waals surface area contributed by atoms with E-state index in [1.54, 1.807) is 0 Å². The van der Waals surface area contributed by atoms with Crippen LogP contribution in [0.5, 0.6) is 0 Å². The zero-order chi connectivity index (χ0) is 8.77. The van der Waals surface area contributed by atoms with Crippen molar-refractivity contribution in [3.05, 3.63) is 28.0 Å². The maximum atomic E-state index is 6.01. The molecule has 1 saturated carbocycles. The Bertz CT molecular complexity index is 318. The molecule has 0 saturated heterocycles. The largest absolute Gasteiger partial charge is 0.320 e. The number of aromatic nitrogens is 1. The second kappa shape index (κ2) is 2.54. The minimum absolute atomic E-state index is 0.106. The first-order valence-corrected chi connectivity index (χ1v) is 4.83. The minimum atomic E-state index is -0.106. The quantitative estimate of drug-likeness (QED) is 0.797. The van der Waals surface area contributed by atoms with E-state index in [-0.39, 0.29) is 5.54 Å². The number of rotatable bonds is 1. The summed E-state index contributed by atoms with van der Waals surface area (Å²) in [6, 6.07) is 2.07. The van der Waals surface area contributed by atoms with Crippen molar-refractivity contribution >= 4 is 15.9 Å². The highest BCUT2D eigenvalue weighted by Gasteiger charge is 2.41. The summed E-state index contributed by atoms with van der Waals surface area (Å²) in [6.07, 6.45) is 3.97. The van der Waals surface area contributed by atoms with Gasteiger partial charge in [0.1, 0.15) is 0 Å². The summed E-state index contributed by atoms with van der Waals surface area (Å²) < 4.78 is 1.05. The van der Waals surface area contributed by atoms with E-state index in [0.717, 1.165) is 23.0 Å². The Hall–Kier alpha value is -0.410. The van der Waals surface area contributed by atoms with Crippen LogP contribution in [0.4, 0.5) is 0 Å². The third kappa shape index (κ3) is 1.27. The van der Waals surface area contributed by atoms with Gasteiger partial charge < -0.3 is 5.73 Å². The standard InChI is InChI=1S/C9H11BrN2/c1-6-4-8(9(11)2-3-9)12-5-7(6)10/h4-5H,2-3,11H2,1H3. The highest BCUT2D eigenvalue weighted by Crippen LogP contribution is 2.42. The first kappa shape index (κ1) is 8.20. The van der Waals surface area contributed by atoms with Crippen molar-refractivity contribution in [1.29, 1.82) is 0 Å². The molecule has 12 heavy (non-hydrogen) atoms. The fraction of sp³-hybridized carbons (Fsp3) is 0.444. The molecule has 1 heterocycles. The summed E-state index contributed by atoms with van der Waals surface area (Å²) in [4.78, 5) is 4.30. The van der Waals surface area contributed by atoms with Gasteiger partial charge in [0.05, 0.1) is 11.2 Å². The number of aryl methyl sites for hydroxylation is 1. The van der Waals surface area contributed by atoms with Crippen LogP contribution in [0.1, 0.15) is 24.1 Å². The first-order chi connectivity index (χ1) is 5.62. The smallest absolute Gasteiger partial charge is 0.0605 e. The molecule has 64 valence electrons. The molecule has 0 unspecified atom stereocenters. The Morgan fingerprint density at radius 1 is 1.58 bits per heavy atom. The maximum absolute atomic E-state index is 6.01. The van der Waals surface area contributed by atoms with Crippen LogP contribution in [0.3, 0.4) is 0 Å². The van der Waals surface area contributed by atoms with Crippen LogP contribution in [0.2, 0.25) is 0 Å². The Morgan fingerprint density at radius 2 is 2.25 bits per heavy atom. The highest BCUT2D eigenvalue weighted by atomic mass is 79.9. The van der Waals surface area contributed by atoms with Crippen LogP contribution in [0.25, 0.3) is 0 Å². The molecule has 1 aromatic rings. The van der Waals surface area contributed by atoms with Gasteiger partial charge in [-0.3, -0.25) is 4.98 Å². The van der Waals surface area contributed by atoms with Crippen LogP contribution in [0.15, 0.2) is 16.7 Å². The van der Waals surface area contributed by atoms with Crippen LogP contribution >= 0.6 is 15.9 Å². The van der Waals surface area contributed by atoms with Gasteiger partial charge in [-0.2, -0.15) is 0 Å². The second-order valence-corrected chi connectivity index (χ2v) is 4.33. The van der Waals surface area contributed by atoms with E-state index < -0.39 is 0 Å². The minimum Gasteiger partial charge on any atom is -0.320 e. The molecule has 0 spiro atoms. The molecule has 1 aliphatic rings. The lowest BCUT2D eigenvalue weighted by molar-refractivity contribution is 0.706. The second-order valence-electron chi connectivity index (χ2n) is 3.47. The Balaban J connectivity index is 2.41. The predicted molar refractivity (Wildman–Crippen MR) is 51.8 cm³/mol. The molecule has 1 aliphatic carbocycles. The molecule has 0 amide bonds. The molecule has 2 rings (SSSR count). The topological polar surface area (TPSA) is 38.9 Å². The van der Waals surface area contributed by atoms with Gasteiger partial charge in [-0.1, -0.05) is 0 Å². The van der Waals surface area contributed by atoms with Gasteiger partial charge >= 0.3 is 0 Å². The summed E-state index contributed by atoms with van der Waals surface area (Å²) in [5, 5.41) is 0. The van der Waals surface area contributed by atoms with E-state index in [1.807, 2.05) is 6.20 Å². The van der Waals surface area contributed by atoms with E-state index >= 15 is 0 Å². The number of pyridine rings is 1. The lowest BCUT2D eigenvalue weighted by Gasteiger charge is -2.08. The van der Waals surface area contributed by atoms with Gasteiger partial charge in [0.25, 0.3) is 0 Å². The van der Waals surface area contributed by atoms with Crippen molar-refractivity contribution in [2.45, 2.75) is 25.3 Å². The monoisotopic (exact) mass is 226 g/mol. The van der Waals surface area contributed by atoms with Crippen molar-refractivity contribution in [2.24, 2.45) is 5.73 Å². The van der Waals surface area contributed by atoms with E-state index in [2.05, 4.69) is 33.9 Å². The van der Waals surface area contributed by atoms with Crippen LogP contribution in [0, 0.1) is 6.92 Å². The van der Waals surface area contributed by atoms with Crippen LogP contribution < -0.4 is 5.73 Å². The Morgan fingerprint density at radius 3 is 2.75 bits per heavy atom. The molecule has 2 nitrogen and oxygen atoms in total. The lowest BCUT2D eigenvalue weighted by Crippen LogP contribution is -2.20. The molecule has 0 bridgehead atoms. The maximum Gasteiger partial charge on any atom is 0.0605 e. The highest BCUT2D eigenvalue weighted by molar-refractivity contribution is 9.10. The summed E-state index contributed by atoms with van der Waals surface area (Å²) in [5.41, 5.74) is 8.14. The molecular weight excluding hydrogens is 216 g/mol. The number of hydrogen-bond acceptors (Lipinski definition) is 2. The van der Waals surface area contributed by atoms with E-state index in [0.29, 0.717) is 0 Å². The molecular formula is C9H11BrN2. The average Bonchev–Trinajstić information content (AvgIpc) is 2.75. The molecule has 1 aromatic heterocycles. The summed E-state index contributed by atoms with van der Waals surface area (Å²) in [5.74, 6) is 0. The van der Waals surface area contributed by atoms with Gasteiger partial charge in [-0.25, -0.2) is 0 Å². The van der Waals surface area contributed by atoms with Gasteiger partial charge in [-0.05, 0) is 47.3 Å². The molecule has 2 N–H and O–H groups in total. The molecule has 0 aliphatic heterocycles. The van der Waals surface area contributed by atoms with Crippen molar-refractivity contribution in [3.8, 4) is 0 Å². The van der Waals surface area contributed by atoms with Crippen molar-refractivity contribution < 1.29 is 0 Å². The molecule has 0 atom stereocenters. The van der Waals surface area contributed by atoms with Crippen LogP contribution in [-0.4, -0.2) is 4.98 Å². The summed E-state index contributed by atoms with van der Waals surface area (Å²) in [6.45, 7) is 2.06. The molecule has 1 fully saturated rings. The SMILES string of the molecule is Cc1cc(C2(N)CC2)ncc1Br. The van der Waals surface area contributed by atoms with Crippen molar-refractivity contribution in [1.82, 2.24) is 4.98 Å². The summed E-state index contributed by atoms with van der Waals surface area (Å²) in [7, 11) is 0. The number of hydrogen-bond donors (Lipinski definition) is 1. The number of nitrogens with zero attached hydrogens (tertiary/aromatic N) is 1. The Kier molecular flexibility index (Phi) is 1.73. The number of halogens is 1. The fourth-order valence-electron chi connectivity index (χ4n) is 1.20. The van der Waals surface area contributed by atoms with Gasteiger partial charge in [0.15, 0.2) is 0 Å². The van der Waals surface area contributed by atoms with Gasteiger partial charge in [0.2, 0.25) is 0 Å². The Labute approximate surface area is 80.3 Å². The number of nitrogens with two attached hydrogens (primary N) is 1. The molecule has 0 radical (unpaired) electrons. The van der Waals surface area contributed by atoms with E-state index in [9.17, 15) is 0 Å². The van der Waals surface area contributed by atoms with E-state index in [4.69, 9.17) is 5.73 Å². The van der Waals surface area contributed by atoms with Gasteiger partial charge in [0, 0.05) is 10.7 Å². The zero-order valence-electron chi connectivity index (χ0n) is 6.97. The molecule has 3 heteroatoms. The third-order valence-electron chi connectivity index (χ3n) is 2.35. The molecule has 0 aromatic carbocycles. The first-order valence-electron chi connectivity index (χ1n) is 4.03. The third-order valence-corrected chi connectivity index (χ3v) is 3.18. The zero-order valence-corrected chi connectivity index (χ0v) is 8.56. The van der Waals surface area contributed by atoms with Gasteiger partial charge in [-0.15, -0.1) is 0 Å². The fourth-order valence-corrected chi connectivity index (χ4v) is 1.42. The average molecular weight is 227 g/mol.